The number of alkyl carbamates (subject to hydrolysis) is 1. The number of rotatable bonds is 1. The Labute approximate surface area is 97.4 Å². The van der Waals surface area contributed by atoms with E-state index in [-0.39, 0.29) is 0 Å². The minimum atomic E-state index is -0.541. The highest BCUT2D eigenvalue weighted by Gasteiger charge is 2.37. The lowest BCUT2D eigenvalue weighted by Crippen LogP contribution is -2.56. The van der Waals surface area contributed by atoms with E-state index in [2.05, 4.69) is 5.32 Å². The van der Waals surface area contributed by atoms with Gasteiger partial charge in [0.05, 0.1) is 11.6 Å². The molecule has 16 heavy (non-hydrogen) atoms. The van der Waals surface area contributed by atoms with Crippen LogP contribution < -0.4 is 5.32 Å². The van der Waals surface area contributed by atoms with E-state index in [0.717, 1.165) is 25.7 Å². The lowest BCUT2D eigenvalue weighted by Gasteiger charge is -2.39. The summed E-state index contributed by atoms with van der Waals surface area (Å²) in [7, 11) is 0. The molecule has 1 aliphatic rings. The van der Waals surface area contributed by atoms with Crippen LogP contribution in [-0.4, -0.2) is 28.4 Å². The average molecular weight is 229 g/mol. The number of hydrogen-bond acceptors (Lipinski definition) is 3. The Morgan fingerprint density at radius 1 is 1.44 bits per heavy atom. The maximum absolute atomic E-state index is 11.6. The monoisotopic (exact) mass is 229 g/mol. The van der Waals surface area contributed by atoms with Gasteiger partial charge in [0.25, 0.3) is 0 Å². The van der Waals surface area contributed by atoms with E-state index in [1.54, 1.807) is 0 Å². The third-order valence-electron chi connectivity index (χ3n) is 2.95. The van der Waals surface area contributed by atoms with Crippen LogP contribution in [0.25, 0.3) is 0 Å². The molecule has 2 N–H and O–H groups in total. The molecule has 0 bridgehead atoms. The first kappa shape index (κ1) is 13.3. The fourth-order valence-corrected chi connectivity index (χ4v) is 2.00. The van der Waals surface area contributed by atoms with E-state index in [1.807, 2.05) is 27.7 Å². The number of ether oxygens (including phenoxy) is 1. The van der Waals surface area contributed by atoms with E-state index in [4.69, 9.17) is 4.74 Å². The number of amides is 1. The molecule has 2 unspecified atom stereocenters. The van der Waals surface area contributed by atoms with Crippen LogP contribution >= 0.6 is 0 Å². The van der Waals surface area contributed by atoms with Crippen molar-refractivity contribution in [1.82, 2.24) is 5.32 Å². The first-order valence-corrected chi connectivity index (χ1v) is 5.92. The smallest absolute Gasteiger partial charge is 0.408 e. The minimum absolute atomic E-state index is 0.448. The van der Waals surface area contributed by atoms with Crippen LogP contribution in [0.1, 0.15) is 53.4 Å². The van der Waals surface area contributed by atoms with Gasteiger partial charge in [-0.3, -0.25) is 0 Å². The molecular formula is C12H23NO3. The third kappa shape index (κ3) is 3.67. The van der Waals surface area contributed by atoms with Crippen LogP contribution in [0.5, 0.6) is 0 Å². The maximum Gasteiger partial charge on any atom is 0.408 e. The molecule has 0 saturated heterocycles. The molecule has 1 rings (SSSR count). The molecule has 1 aliphatic carbocycles. The van der Waals surface area contributed by atoms with Crippen molar-refractivity contribution in [1.29, 1.82) is 0 Å². The highest BCUT2D eigenvalue weighted by atomic mass is 16.6. The van der Waals surface area contributed by atoms with Crippen LogP contribution in [0.15, 0.2) is 0 Å². The molecule has 0 aromatic rings. The van der Waals surface area contributed by atoms with Crippen LogP contribution in [0.4, 0.5) is 4.79 Å². The normalized spacial score (nSPS) is 30.9. The van der Waals surface area contributed by atoms with Gasteiger partial charge in [0.15, 0.2) is 0 Å². The Balaban J connectivity index is 2.54. The van der Waals surface area contributed by atoms with Crippen molar-refractivity contribution in [2.45, 2.75) is 70.6 Å². The predicted octanol–water partition coefficient (Wildman–Crippen LogP) is 2.20. The van der Waals surface area contributed by atoms with Gasteiger partial charge in [0, 0.05) is 0 Å². The molecular weight excluding hydrogens is 206 g/mol. The Morgan fingerprint density at radius 2 is 2.06 bits per heavy atom. The van der Waals surface area contributed by atoms with Crippen molar-refractivity contribution < 1.29 is 14.6 Å². The first-order chi connectivity index (χ1) is 7.23. The predicted molar refractivity (Wildman–Crippen MR) is 62.2 cm³/mol. The van der Waals surface area contributed by atoms with Gasteiger partial charge in [-0.1, -0.05) is 12.8 Å². The molecule has 1 fully saturated rings. The Bertz CT molecular complexity index is 259. The largest absolute Gasteiger partial charge is 0.444 e. The Hall–Kier alpha value is -0.770. The zero-order valence-corrected chi connectivity index (χ0v) is 10.7. The fourth-order valence-electron chi connectivity index (χ4n) is 2.00. The number of carbonyl (C=O) groups excluding carboxylic acids is 1. The van der Waals surface area contributed by atoms with Crippen molar-refractivity contribution in [3.8, 4) is 0 Å². The van der Waals surface area contributed by atoms with Crippen molar-refractivity contribution in [3.63, 3.8) is 0 Å². The SMILES string of the molecule is CC(C)(C)OC(=O)NC1(C)CCCCC1O. The lowest BCUT2D eigenvalue weighted by atomic mass is 9.81. The average Bonchev–Trinajstić information content (AvgIpc) is 2.06. The van der Waals surface area contributed by atoms with Crippen molar-refractivity contribution >= 4 is 6.09 Å². The van der Waals surface area contributed by atoms with E-state index in [1.165, 1.54) is 0 Å². The van der Waals surface area contributed by atoms with Gasteiger partial charge in [-0.15, -0.1) is 0 Å². The van der Waals surface area contributed by atoms with Gasteiger partial charge in [0.1, 0.15) is 5.60 Å². The van der Waals surface area contributed by atoms with Gasteiger partial charge in [-0.05, 0) is 40.5 Å². The molecule has 4 nitrogen and oxygen atoms in total. The van der Waals surface area contributed by atoms with E-state index < -0.39 is 23.3 Å². The third-order valence-corrected chi connectivity index (χ3v) is 2.95. The van der Waals surface area contributed by atoms with Crippen LogP contribution in [-0.2, 0) is 4.74 Å². The second kappa shape index (κ2) is 4.62. The lowest BCUT2D eigenvalue weighted by molar-refractivity contribution is 0.00983. The Kier molecular flexibility index (Phi) is 3.84. The molecule has 4 heteroatoms. The maximum atomic E-state index is 11.6. The summed E-state index contributed by atoms with van der Waals surface area (Å²) >= 11 is 0. The van der Waals surface area contributed by atoms with E-state index in [9.17, 15) is 9.90 Å². The molecule has 0 aromatic carbocycles. The van der Waals surface area contributed by atoms with Crippen molar-refractivity contribution in [2.75, 3.05) is 0 Å². The summed E-state index contributed by atoms with van der Waals surface area (Å²) in [5.74, 6) is 0. The summed E-state index contributed by atoms with van der Waals surface area (Å²) in [6, 6.07) is 0. The van der Waals surface area contributed by atoms with Gasteiger partial charge in [-0.25, -0.2) is 4.79 Å². The quantitative estimate of drug-likeness (QED) is 0.724. The Morgan fingerprint density at radius 3 is 2.56 bits per heavy atom. The van der Waals surface area contributed by atoms with Gasteiger partial charge >= 0.3 is 6.09 Å². The molecule has 1 saturated carbocycles. The molecule has 0 heterocycles. The number of hydrogen-bond donors (Lipinski definition) is 2. The fraction of sp³-hybridized carbons (Fsp3) is 0.917. The number of carbonyl (C=O) groups is 1. The first-order valence-electron chi connectivity index (χ1n) is 5.92. The summed E-state index contributed by atoms with van der Waals surface area (Å²) in [6.07, 6.45) is 2.67. The summed E-state index contributed by atoms with van der Waals surface area (Å²) in [4.78, 5) is 11.6. The highest BCUT2D eigenvalue weighted by Crippen LogP contribution is 2.28. The molecule has 94 valence electrons. The molecule has 0 aromatic heterocycles. The van der Waals surface area contributed by atoms with E-state index >= 15 is 0 Å². The second-order valence-corrected chi connectivity index (χ2v) is 5.81. The summed E-state index contributed by atoms with van der Waals surface area (Å²) in [5, 5.41) is 12.7. The second-order valence-electron chi connectivity index (χ2n) is 5.81. The summed E-state index contributed by atoms with van der Waals surface area (Å²) in [5.41, 5.74) is -1.04. The number of aliphatic hydroxyl groups excluding tert-OH is 1. The summed E-state index contributed by atoms with van der Waals surface area (Å²) < 4.78 is 5.19. The summed E-state index contributed by atoms with van der Waals surface area (Å²) in [6.45, 7) is 7.35. The molecule has 1 amide bonds. The molecule has 0 aliphatic heterocycles. The van der Waals surface area contributed by atoms with Gasteiger partial charge in [-0.2, -0.15) is 0 Å². The number of aliphatic hydroxyl groups is 1. The van der Waals surface area contributed by atoms with Crippen LogP contribution in [0, 0.1) is 0 Å². The molecule has 2 atom stereocenters. The molecule has 0 radical (unpaired) electrons. The van der Waals surface area contributed by atoms with Crippen LogP contribution in [0.3, 0.4) is 0 Å². The zero-order valence-electron chi connectivity index (χ0n) is 10.7. The topological polar surface area (TPSA) is 58.6 Å². The van der Waals surface area contributed by atoms with Crippen molar-refractivity contribution in [2.24, 2.45) is 0 Å². The molecule has 0 spiro atoms. The minimum Gasteiger partial charge on any atom is -0.444 e. The van der Waals surface area contributed by atoms with Gasteiger partial charge < -0.3 is 15.2 Å². The van der Waals surface area contributed by atoms with Crippen LogP contribution in [0.2, 0.25) is 0 Å². The van der Waals surface area contributed by atoms with E-state index in [0.29, 0.717) is 0 Å². The highest BCUT2D eigenvalue weighted by molar-refractivity contribution is 5.68. The zero-order chi connectivity index (χ0) is 12.4. The van der Waals surface area contributed by atoms with Crippen molar-refractivity contribution in [3.05, 3.63) is 0 Å². The van der Waals surface area contributed by atoms with Gasteiger partial charge in [0.2, 0.25) is 0 Å². The number of nitrogens with one attached hydrogen (secondary N) is 1. The standard InChI is InChI=1S/C12H23NO3/c1-11(2,3)16-10(15)13-12(4)8-6-5-7-9(12)14/h9,14H,5-8H2,1-4H3,(H,13,15).